The number of benzene rings is 1. The first-order valence-corrected chi connectivity index (χ1v) is 8.26. The van der Waals surface area contributed by atoms with Crippen molar-refractivity contribution in [3.05, 3.63) is 35.9 Å². The van der Waals surface area contributed by atoms with Crippen molar-refractivity contribution >= 4 is 11.9 Å². The maximum atomic E-state index is 14.7. The highest BCUT2D eigenvalue weighted by molar-refractivity contribution is 5.87. The van der Waals surface area contributed by atoms with E-state index in [-0.39, 0.29) is 6.42 Å². The van der Waals surface area contributed by atoms with Gasteiger partial charge in [0, 0.05) is 13.1 Å². The van der Waals surface area contributed by atoms with Crippen LogP contribution in [0, 0.1) is 5.92 Å². The number of carbonyl (C=O) groups is 2. The number of methoxy groups -OCH3 is 1. The molecule has 0 N–H and O–H groups in total. The predicted octanol–water partition coefficient (Wildman–Crippen LogP) is 2.00. The average Bonchev–Trinajstić information content (AvgIpc) is 2.65. The Morgan fingerprint density at radius 2 is 1.92 bits per heavy atom. The molecule has 1 saturated heterocycles. The second-order valence-corrected chi connectivity index (χ2v) is 5.85. The van der Waals surface area contributed by atoms with Crippen LogP contribution in [0.1, 0.15) is 18.4 Å². The molecule has 0 spiro atoms. The van der Waals surface area contributed by atoms with Crippen LogP contribution in [0.4, 0.5) is 4.39 Å². The van der Waals surface area contributed by atoms with Gasteiger partial charge >= 0.3 is 5.97 Å². The van der Waals surface area contributed by atoms with Gasteiger partial charge in [-0.3, -0.25) is 9.59 Å². The van der Waals surface area contributed by atoms with E-state index in [1.807, 2.05) is 30.3 Å². The minimum atomic E-state index is -1.87. The molecule has 1 amide bonds. The maximum Gasteiger partial charge on any atom is 0.312 e. The van der Waals surface area contributed by atoms with Gasteiger partial charge < -0.3 is 14.4 Å². The van der Waals surface area contributed by atoms with Crippen molar-refractivity contribution in [3.63, 3.8) is 0 Å². The number of ether oxygens (including phenoxy) is 2. The molecule has 0 saturated carbocycles. The van der Waals surface area contributed by atoms with Gasteiger partial charge in [0.05, 0.1) is 26.2 Å². The number of nitrogens with zero attached hydrogens (tertiary/aromatic N) is 1. The molecule has 1 aliphatic rings. The number of hydrogen-bond acceptors (Lipinski definition) is 4. The molecule has 6 heteroatoms. The highest BCUT2D eigenvalue weighted by Crippen LogP contribution is 2.21. The molecule has 1 fully saturated rings. The maximum absolute atomic E-state index is 14.7. The molecule has 0 unspecified atom stereocenters. The summed E-state index contributed by atoms with van der Waals surface area (Å²) < 4.78 is 24.5. The molecule has 0 bridgehead atoms. The topological polar surface area (TPSA) is 55.8 Å². The van der Waals surface area contributed by atoms with E-state index in [4.69, 9.17) is 9.47 Å². The lowest BCUT2D eigenvalue weighted by Crippen LogP contribution is -2.47. The molecule has 1 aromatic carbocycles. The molecular weight excluding hydrogens is 313 g/mol. The number of esters is 1. The van der Waals surface area contributed by atoms with Crippen molar-refractivity contribution in [2.75, 3.05) is 33.4 Å². The Hall–Kier alpha value is -1.95. The fourth-order valence-corrected chi connectivity index (χ4v) is 2.84. The SMILES string of the molecule is COC(=O)[C@H](CCCc1ccccc1)[C@@H](F)C(=O)N1CCOCC1. The first-order valence-electron chi connectivity index (χ1n) is 8.26. The summed E-state index contributed by atoms with van der Waals surface area (Å²) in [7, 11) is 1.22. The van der Waals surface area contributed by atoms with E-state index in [2.05, 4.69) is 0 Å². The van der Waals surface area contributed by atoms with E-state index in [0.29, 0.717) is 32.7 Å². The van der Waals surface area contributed by atoms with Crippen LogP contribution in [0.5, 0.6) is 0 Å². The van der Waals surface area contributed by atoms with Crippen molar-refractivity contribution in [2.24, 2.45) is 5.92 Å². The summed E-state index contributed by atoms with van der Waals surface area (Å²) in [5, 5.41) is 0. The molecule has 0 radical (unpaired) electrons. The Morgan fingerprint density at radius 3 is 2.54 bits per heavy atom. The molecule has 1 heterocycles. The Balaban J connectivity index is 1.93. The summed E-state index contributed by atoms with van der Waals surface area (Å²) in [5.74, 6) is -2.38. The van der Waals surface area contributed by atoms with Crippen molar-refractivity contribution < 1.29 is 23.5 Å². The fourth-order valence-electron chi connectivity index (χ4n) is 2.84. The molecule has 1 aromatic rings. The van der Waals surface area contributed by atoms with Crippen LogP contribution in [0.3, 0.4) is 0 Å². The molecule has 0 aromatic heterocycles. The van der Waals surface area contributed by atoms with Crippen molar-refractivity contribution in [2.45, 2.75) is 25.4 Å². The number of alkyl halides is 1. The van der Waals surface area contributed by atoms with E-state index in [1.54, 1.807) is 0 Å². The van der Waals surface area contributed by atoms with Gasteiger partial charge in [0.2, 0.25) is 0 Å². The van der Waals surface area contributed by atoms with Gasteiger partial charge in [0.25, 0.3) is 5.91 Å². The van der Waals surface area contributed by atoms with Crippen LogP contribution in [0.15, 0.2) is 30.3 Å². The number of carbonyl (C=O) groups excluding carboxylic acids is 2. The number of aryl methyl sites for hydroxylation is 1. The Bertz CT molecular complexity index is 531. The van der Waals surface area contributed by atoms with E-state index in [9.17, 15) is 14.0 Å². The van der Waals surface area contributed by atoms with Crippen LogP contribution in [-0.4, -0.2) is 56.4 Å². The summed E-state index contributed by atoms with van der Waals surface area (Å²) >= 11 is 0. The Labute approximate surface area is 141 Å². The molecule has 24 heavy (non-hydrogen) atoms. The summed E-state index contributed by atoms with van der Waals surface area (Å²) in [6, 6.07) is 9.78. The summed E-state index contributed by atoms with van der Waals surface area (Å²) in [5.41, 5.74) is 1.12. The standard InChI is InChI=1S/C18H24FNO4/c1-23-18(22)15(9-5-8-14-6-3-2-4-7-14)16(19)17(21)20-10-12-24-13-11-20/h2-4,6-7,15-16H,5,8-13H2,1H3/t15-,16-/m1/s1. The number of rotatable bonds is 7. The zero-order valence-electron chi connectivity index (χ0n) is 13.9. The van der Waals surface area contributed by atoms with Crippen molar-refractivity contribution in [3.8, 4) is 0 Å². The lowest BCUT2D eigenvalue weighted by atomic mass is 9.94. The van der Waals surface area contributed by atoms with Gasteiger partial charge in [-0.2, -0.15) is 0 Å². The molecule has 132 valence electrons. The van der Waals surface area contributed by atoms with E-state index in [0.717, 1.165) is 12.0 Å². The third-order valence-corrected chi connectivity index (χ3v) is 4.24. The predicted molar refractivity (Wildman–Crippen MR) is 87.2 cm³/mol. The largest absolute Gasteiger partial charge is 0.469 e. The van der Waals surface area contributed by atoms with E-state index >= 15 is 0 Å². The number of morpholine rings is 1. The number of hydrogen-bond donors (Lipinski definition) is 0. The first kappa shape index (κ1) is 18.4. The summed E-state index contributed by atoms with van der Waals surface area (Å²) in [4.78, 5) is 25.6. The smallest absolute Gasteiger partial charge is 0.312 e. The van der Waals surface area contributed by atoms with Crippen LogP contribution in [-0.2, 0) is 25.5 Å². The molecule has 0 aliphatic carbocycles. The van der Waals surface area contributed by atoms with Crippen LogP contribution >= 0.6 is 0 Å². The molecule has 1 aliphatic heterocycles. The number of halogens is 1. The zero-order valence-corrected chi connectivity index (χ0v) is 13.9. The molecule has 5 nitrogen and oxygen atoms in total. The highest BCUT2D eigenvalue weighted by Gasteiger charge is 2.37. The third-order valence-electron chi connectivity index (χ3n) is 4.24. The van der Waals surface area contributed by atoms with Crippen LogP contribution < -0.4 is 0 Å². The normalized spacial score (nSPS) is 17.2. The average molecular weight is 337 g/mol. The van der Waals surface area contributed by atoms with Gasteiger partial charge in [-0.15, -0.1) is 0 Å². The van der Waals surface area contributed by atoms with Gasteiger partial charge in [0.1, 0.15) is 0 Å². The van der Waals surface area contributed by atoms with E-state index < -0.39 is 24.0 Å². The lowest BCUT2D eigenvalue weighted by molar-refractivity contribution is -0.155. The first-order chi connectivity index (χ1) is 11.6. The second-order valence-electron chi connectivity index (χ2n) is 5.85. The van der Waals surface area contributed by atoms with Gasteiger partial charge in [-0.25, -0.2) is 4.39 Å². The number of amides is 1. The fraction of sp³-hybridized carbons (Fsp3) is 0.556. The minimum absolute atomic E-state index is 0.277. The lowest BCUT2D eigenvalue weighted by Gasteiger charge is -2.29. The van der Waals surface area contributed by atoms with Crippen molar-refractivity contribution in [1.29, 1.82) is 0 Å². The molecule has 2 rings (SSSR count). The Kier molecular flexibility index (Phi) is 7.18. The zero-order chi connectivity index (χ0) is 17.4. The van der Waals surface area contributed by atoms with E-state index in [1.165, 1.54) is 12.0 Å². The Morgan fingerprint density at radius 1 is 1.25 bits per heavy atom. The molecular formula is C18H24FNO4. The van der Waals surface area contributed by atoms with Crippen LogP contribution in [0.25, 0.3) is 0 Å². The molecule has 2 atom stereocenters. The highest BCUT2D eigenvalue weighted by atomic mass is 19.1. The second kappa shape index (κ2) is 9.37. The minimum Gasteiger partial charge on any atom is -0.469 e. The summed E-state index contributed by atoms with van der Waals surface area (Å²) in [6.07, 6.45) is -0.252. The quantitative estimate of drug-likeness (QED) is 0.714. The van der Waals surface area contributed by atoms with Gasteiger partial charge in [-0.1, -0.05) is 30.3 Å². The summed E-state index contributed by atoms with van der Waals surface area (Å²) in [6.45, 7) is 1.51. The van der Waals surface area contributed by atoms with Crippen LogP contribution in [0.2, 0.25) is 0 Å². The monoisotopic (exact) mass is 337 g/mol. The van der Waals surface area contributed by atoms with Gasteiger partial charge in [0.15, 0.2) is 6.17 Å². The van der Waals surface area contributed by atoms with Gasteiger partial charge in [-0.05, 0) is 24.8 Å². The van der Waals surface area contributed by atoms with Crippen molar-refractivity contribution in [1.82, 2.24) is 4.90 Å². The third kappa shape index (κ3) is 5.03.